The van der Waals surface area contributed by atoms with Crippen molar-refractivity contribution >= 4 is 0 Å². The average Bonchev–Trinajstić information content (AvgIpc) is 2.52. The lowest BCUT2D eigenvalue weighted by Gasteiger charge is -2.14. The summed E-state index contributed by atoms with van der Waals surface area (Å²) in [6.07, 6.45) is 22.7. The van der Waals surface area contributed by atoms with Crippen LogP contribution in [-0.2, 0) is 0 Å². The van der Waals surface area contributed by atoms with Crippen molar-refractivity contribution in [2.45, 2.75) is 103 Å². The van der Waals surface area contributed by atoms with Gasteiger partial charge in [-0.3, -0.25) is 0 Å². The number of aliphatic hydroxyl groups is 3. The van der Waals surface area contributed by atoms with Gasteiger partial charge in [0, 0.05) is 0 Å². The van der Waals surface area contributed by atoms with Crippen LogP contribution in [-0.4, -0.2) is 34.4 Å². The third-order valence-corrected chi connectivity index (χ3v) is 4.23. The van der Waals surface area contributed by atoms with Crippen LogP contribution in [0.5, 0.6) is 0 Å². The maximum Gasteiger partial charge on any atom is 0.288 e. The standard InChI is InChI=1S/C20H41NO3/c1-2-3-4-5-6-7-8-9-10-11-12-13-14-15-16-17-18-21-19-20(22,23)24/h9-10,21-24H,2-8,11-19H2,1H3/b10-9-. The summed E-state index contributed by atoms with van der Waals surface area (Å²) >= 11 is 0. The molecule has 0 radical (unpaired) electrons. The summed E-state index contributed by atoms with van der Waals surface area (Å²) in [7, 11) is 0. The van der Waals surface area contributed by atoms with Gasteiger partial charge < -0.3 is 20.6 Å². The Morgan fingerprint density at radius 2 is 1.12 bits per heavy atom. The zero-order valence-corrected chi connectivity index (χ0v) is 15.8. The van der Waals surface area contributed by atoms with Crippen LogP contribution in [0.3, 0.4) is 0 Å². The molecule has 0 bridgehead atoms. The van der Waals surface area contributed by atoms with Crippen LogP contribution in [0.25, 0.3) is 0 Å². The maximum absolute atomic E-state index is 8.70. The molecule has 0 saturated heterocycles. The lowest BCUT2D eigenvalue weighted by atomic mass is 10.1. The zero-order chi connectivity index (χ0) is 17.9. The highest BCUT2D eigenvalue weighted by atomic mass is 16.7. The van der Waals surface area contributed by atoms with E-state index in [0.29, 0.717) is 6.54 Å². The molecule has 0 unspecified atom stereocenters. The van der Waals surface area contributed by atoms with Crippen LogP contribution in [0.15, 0.2) is 12.2 Å². The number of allylic oxidation sites excluding steroid dienone is 2. The van der Waals surface area contributed by atoms with E-state index < -0.39 is 5.97 Å². The fourth-order valence-electron chi connectivity index (χ4n) is 2.75. The Morgan fingerprint density at radius 1 is 0.667 bits per heavy atom. The first-order chi connectivity index (χ1) is 11.6. The predicted molar refractivity (Wildman–Crippen MR) is 102 cm³/mol. The van der Waals surface area contributed by atoms with Crippen LogP contribution >= 0.6 is 0 Å². The van der Waals surface area contributed by atoms with Crippen molar-refractivity contribution < 1.29 is 15.3 Å². The van der Waals surface area contributed by atoms with Gasteiger partial charge in [0.2, 0.25) is 0 Å². The van der Waals surface area contributed by atoms with Gasteiger partial charge in [-0.05, 0) is 38.6 Å². The summed E-state index contributed by atoms with van der Waals surface area (Å²) in [5, 5.41) is 28.9. The SMILES string of the molecule is CCCCCCCC/C=C\CCCCCCCCNCC(O)(O)O. The smallest absolute Gasteiger partial charge is 0.288 e. The summed E-state index contributed by atoms with van der Waals surface area (Å²) in [4.78, 5) is 0. The quantitative estimate of drug-likeness (QED) is 0.171. The average molecular weight is 344 g/mol. The summed E-state index contributed by atoms with van der Waals surface area (Å²) in [5.41, 5.74) is 0. The minimum atomic E-state index is -2.58. The molecule has 0 aromatic carbocycles. The molecule has 0 aromatic heterocycles. The van der Waals surface area contributed by atoms with E-state index in [0.717, 1.165) is 12.8 Å². The number of rotatable bonds is 18. The van der Waals surface area contributed by atoms with Gasteiger partial charge in [0.25, 0.3) is 5.97 Å². The Morgan fingerprint density at radius 3 is 1.62 bits per heavy atom. The van der Waals surface area contributed by atoms with Gasteiger partial charge in [0.15, 0.2) is 0 Å². The van der Waals surface area contributed by atoms with E-state index in [1.165, 1.54) is 77.0 Å². The lowest BCUT2D eigenvalue weighted by molar-refractivity contribution is -0.306. The molecule has 0 aliphatic rings. The van der Waals surface area contributed by atoms with Gasteiger partial charge in [-0.15, -0.1) is 0 Å². The second kappa shape index (κ2) is 17.4. The minimum absolute atomic E-state index is 0.196. The Kier molecular flexibility index (Phi) is 17.1. The minimum Gasteiger partial charge on any atom is -0.343 e. The van der Waals surface area contributed by atoms with Gasteiger partial charge >= 0.3 is 0 Å². The second-order valence-corrected chi connectivity index (χ2v) is 6.89. The molecule has 4 nitrogen and oxygen atoms in total. The molecule has 0 rings (SSSR count). The van der Waals surface area contributed by atoms with Gasteiger partial charge in [0.1, 0.15) is 0 Å². The number of unbranched alkanes of at least 4 members (excludes halogenated alkanes) is 12. The first kappa shape index (κ1) is 23.6. The van der Waals surface area contributed by atoms with E-state index in [9.17, 15) is 0 Å². The van der Waals surface area contributed by atoms with E-state index >= 15 is 0 Å². The van der Waals surface area contributed by atoms with Gasteiger partial charge in [-0.25, -0.2) is 0 Å². The summed E-state index contributed by atoms with van der Waals surface area (Å²) < 4.78 is 0. The van der Waals surface area contributed by atoms with Crippen LogP contribution in [0.2, 0.25) is 0 Å². The van der Waals surface area contributed by atoms with Gasteiger partial charge in [-0.2, -0.15) is 0 Å². The number of nitrogens with one attached hydrogen (secondary N) is 1. The maximum atomic E-state index is 8.70. The third kappa shape index (κ3) is 21.6. The molecule has 0 atom stereocenters. The highest BCUT2D eigenvalue weighted by Crippen LogP contribution is 2.09. The van der Waals surface area contributed by atoms with Crippen molar-refractivity contribution in [2.24, 2.45) is 0 Å². The second-order valence-electron chi connectivity index (χ2n) is 6.89. The van der Waals surface area contributed by atoms with E-state index in [4.69, 9.17) is 15.3 Å². The zero-order valence-electron chi connectivity index (χ0n) is 15.8. The molecular formula is C20H41NO3. The fourth-order valence-corrected chi connectivity index (χ4v) is 2.75. The summed E-state index contributed by atoms with van der Waals surface area (Å²) in [5.74, 6) is -2.58. The van der Waals surface area contributed by atoms with E-state index in [-0.39, 0.29) is 6.54 Å². The van der Waals surface area contributed by atoms with Crippen molar-refractivity contribution in [2.75, 3.05) is 13.1 Å². The summed E-state index contributed by atoms with van der Waals surface area (Å²) in [6, 6.07) is 0. The largest absolute Gasteiger partial charge is 0.343 e. The van der Waals surface area contributed by atoms with Crippen LogP contribution in [0.1, 0.15) is 96.8 Å². The molecule has 144 valence electrons. The Bertz CT molecular complexity index is 275. The van der Waals surface area contributed by atoms with Crippen molar-refractivity contribution in [3.8, 4) is 0 Å². The molecule has 0 fully saturated rings. The van der Waals surface area contributed by atoms with Crippen molar-refractivity contribution in [3.63, 3.8) is 0 Å². The Balaban J connectivity index is 3.10. The highest BCUT2D eigenvalue weighted by molar-refractivity contribution is 4.81. The molecule has 0 saturated carbocycles. The summed E-state index contributed by atoms with van der Waals surface area (Å²) in [6.45, 7) is 2.78. The molecule has 0 amide bonds. The van der Waals surface area contributed by atoms with Crippen LogP contribution in [0, 0.1) is 0 Å². The molecule has 0 aliphatic heterocycles. The topological polar surface area (TPSA) is 72.7 Å². The van der Waals surface area contributed by atoms with Crippen LogP contribution < -0.4 is 5.32 Å². The molecule has 24 heavy (non-hydrogen) atoms. The molecular weight excluding hydrogens is 302 g/mol. The molecule has 0 spiro atoms. The van der Waals surface area contributed by atoms with Gasteiger partial charge in [-0.1, -0.05) is 76.9 Å². The third-order valence-electron chi connectivity index (χ3n) is 4.23. The highest BCUT2D eigenvalue weighted by Gasteiger charge is 2.15. The molecule has 4 heteroatoms. The Labute approximate surface area is 149 Å². The molecule has 4 N–H and O–H groups in total. The normalized spacial score (nSPS) is 12.3. The number of hydrogen-bond donors (Lipinski definition) is 4. The first-order valence-corrected chi connectivity index (χ1v) is 10.1. The number of hydrogen-bond acceptors (Lipinski definition) is 4. The van der Waals surface area contributed by atoms with E-state index in [1.807, 2.05) is 0 Å². The van der Waals surface area contributed by atoms with Gasteiger partial charge in [0.05, 0.1) is 6.54 Å². The monoisotopic (exact) mass is 343 g/mol. The van der Waals surface area contributed by atoms with E-state index in [2.05, 4.69) is 24.4 Å². The predicted octanol–water partition coefficient (Wildman–Crippen LogP) is 4.24. The molecule has 0 aromatic rings. The first-order valence-electron chi connectivity index (χ1n) is 10.1. The van der Waals surface area contributed by atoms with Crippen LogP contribution in [0.4, 0.5) is 0 Å². The van der Waals surface area contributed by atoms with Crippen molar-refractivity contribution in [1.29, 1.82) is 0 Å². The molecule has 0 aliphatic carbocycles. The van der Waals surface area contributed by atoms with E-state index in [1.54, 1.807) is 0 Å². The Hall–Kier alpha value is -0.420. The fraction of sp³-hybridized carbons (Fsp3) is 0.900. The lowest BCUT2D eigenvalue weighted by Crippen LogP contribution is -2.40. The van der Waals surface area contributed by atoms with Crippen molar-refractivity contribution in [1.82, 2.24) is 5.32 Å². The molecule has 0 heterocycles. The van der Waals surface area contributed by atoms with Crippen molar-refractivity contribution in [3.05, 3.63) is 12.2 Å².